The average Bonchev–Trinajstić information content (AvgIpc) is 3.00. The molecule has 0 bridgehead atoms. The van der Waals surface area contributed by atoms with Gasteiger partial charge in [0.25, 0.3) is 0 Å². The molecule has 4 rings (SSSR count). The lowest BCUT2D eigenvalue weighted by Crippen LogP contribution is -2.57. The third-order valence-corrected chi connectivity index (χ3v) is 10.1. The Morgan fingerprint density at radius 3 is 2.61 bits per heavy atom. The Labute approximate surface area is 169 Å². The number of rotatable bonds is 4. The maximum atomic E-state index is 13.6. The summed E-state index contributed by atoms with van der Waals surface area (Å²) in [6.45, 7) is 6.81. The van der Waals surface area contributed by atoms with Gasteiger partial charge in [0.2, 0.25) is 0 Å². The van der Waals surface area contributed by atoms with Gasteiger partial charge >= 0.3 is 5.97 Å². The molecule has 4 nitrogen and oxygen atoms in total. The van der Waals surface area contributed by atoms with E-state index in [0.717, 1.165) is 32.1 Å². The lowest BCUT2D eigenvalue weighted by Gasteiger charge is -2.60. The molecule has 0 aliphatic heterocycles. The number of ketones is 1. The molecule has 2 N–H and O–H groups in total. The third-order valence-electron chi connectivity index (χ3n) is 10.1. The Morgan fingerprint density at radius 2 is 1.89 bits per heavy atom. The molecule has 4 saturated carbocycles. The number of aliphatic hydroxyl groups excluding tert-OH is 1. The van der Waals surface area contributed by atoms with Gasteiger partial charge in [0.15, 0.2) is 0 Å². The summed E-state index contributed by atoms with van der Waals surface area (Å²) in [5.41, 5.74) is -0.0391. The maximum absolute atomic E-state index is 13.6. The minimum atomic E-state index is -0.729. The highest BCUT2D eigenvalue weighted by molar-refractivity contribution is 5.87. The number of fused-ring (bicyclic) bond motifs is 5. The average molecular weight is 391 g/mol. The van der Waals surface area contributed by atoms with Crippen LogP contribution >= 0.6 is 0 Å². The zero-order valence-electron chi connectivity index (χ0n) is 17.8. The molecule has 0 aromatic heterocycles. The summed E-state index contributed by atoms with van der Waals surface area (Å²) >= 11 is 0. The molecular weight excluding hydrogens is 352 g/mol. The second-order valence-electron chi connectivity index (χ2n) is 11.1. The van der Waals surface area contributed by atoms with Crippen LogP contribution in [0.5, 0.6) is 0 Å². The number of carboxylic acid groups (broad SMARTS) is 1. The molecule has 0 heterocycles. The number of carbonyl (C=O) groups is 2. The number of carbonyl (C=O) groups excluding carboxylic acids is 1. The fourth-order valence-corrected chi connectivity index (χ4v) is 8.44. The van der Waals surface area contributed by atoms with Crippen LogP contribution in [-0.2, 0) is 9.59 Å². The number of Topliss-reactive ketones (excluding diaryl/α,β-unsaturated/α-hetero) is 1. The van der Waals surface area contributed by atoms with Gasteiger partial charge in [-0.05, 0) is 92.3 Å². The van der Waals surface area contributed by atoms with Gasteiger partial charge in [-0.2, -0.15) is 0 Å². The molecule has 4 fully saturated rings. The monoisotopic (exact) mass is 390 g/mol. The third kappa shape index (κ3) is 2.97. The summed E-state index contributed by atoms with van der Waals surface area (Å²) < 4.78 is 0. The van der Waals surface area contributed by atoms with E-state index in [1.54, 1.807) is 0 Å². The van der Waals surface area contributed by atoms with E-state index >= 15 is 0 Å². The van der Waals surface area contributed by atoms with Crippen molar-refractivity contribution < 1.29 is 19.8 Å². The highest BCUT2D eigenvalue weighted by Gasteiger charge is 2.63. The molecule has 0 aromatic rings. The van der Waals surface area contributed by atoms with Crippen molar-refractivity contribution in [3.63, 3.8) is 0 Å². The molecule has 0 amide bonds. The van der Waals surface area contributed by atoms with Crippen molar-refractivity contribution >= 4 is 11.8 Å². The van der Waals surface area contributed by atoms with Crippen LogP contribution in [0.2, 0.25) is 0 Å². The molecule has 28 heavy (non-hydrogen) atoms. The zero-order valence-corrected chi connectivity index (χ0v) is 17.8. The number of carboxylic acids is 1. The summed E-state index contributed by atoms with van der Waals surface area (Å²) in [6, 6.07) is 0. The summed E-state index contributed by atoms with van der Waals surface area (Å²) in [7, 11) is 0. The Morgan fingerprint density at radius 1 is 1.14 bits per heavy atom. The predicted octanol–water partition coefficient (Wildman–Crippen LogP) is 4.69. The van der Waals surface area contributed by atoms with E-state index < -0.39 is 5.97 Å². The van der Waals surface area contributed by atoms with E-state index in [4.69, 9.17) is 5.11 Å². The molecular formula is C24H38O4. The SMILES string of the molecule is C[C@H](CCC(=O)O)[C@H]1CCC2C3CCC4C[C@H](O)CC[C@]4(C)C3CC(=O)[C@@]21C. The Kier molecular flexibility index (Phi) is 5.17. The van der Waals surface area contributed by atoms with Gasteiger partial charge in [0.1, 0.15) is 5.78 Å². The van der Waals surface area contributed by atoms with Crippen LogP contribution in [0.3, 0.4) is 0 Å². The fourth-order valence-electron chi connectivity index (χ4n) is 8.44. The first kappa shape index (κ1) is 20.4. The van der Waals surface area contributed by atoms with Crippen LogP contribution < -0.4 is 0 Å². The molecule has 4 heteroatoms. The van der Waals surface area contributed by atoms with Crippen LogP contribution in [0.15, 0.2) is 0 Å². The highest BCUT2D eigenvalue weighted by atomic mass is 16.4. The Hall–Kier alpha value is -0.900. The predicted molar refractivity (Wildman–Crippen MR) is 108 cm³/mol. The highest BCUT2D eigenvalue weighted by Crippen LogP contribution is 2.67. The molecule has 158 valence electrons. The summed E-state index contributed by atoms with van der Waals surface area (Å²) in [4.78, 5) is 24.7. The smallest absolute Gasteiger partial charge is 0.303 e. The summed E-state index contributed by atoms with van der Waals surface area (Å²) in [5, 5.41) is 19.3. The quantitative estimate of drug-likeness (QED) is 0.730. The van der Waals surface area contributed by atoms with E-state index in [1.807, 2.05) is 0 Å². The van der Waals surface area contributed by atoms with Gasteiger partial charge in [-0.15, -0.1) is 0 Å². The number of hydrogen-bond donors (Lipinski definition) is 2. The van der Waals surface area contributed by atoms with E-state index in [-0.39, 0.29) is 23.4 Å². The second kappa shape index (κ2) is 7.11. The lowest BCUT2D eigenvalue weighted by molar-refractivity contribution is -0.160. The van der Waals surface area contributed by atoms with Crippen molar-refractivity contribution in [2.45, 2.75) is 91.1 Å². The minimum Gasteiger partial charge on any atom is -0.481 e. The molecule has 0 spiro atoms. The van der Waals surface area contributed by atoms with Crippen molar-refractivity contribution in [1.82, 2.24) is 0 Å². The normalized spacial score (nSPS) is 49.1. The molecule has 0 saturated heterocycles. The van der Waals surface area contributed by atoms with E-state index in [2.05, 4.69) is 20.8 Å². The second-order valence-corrected chi connectivity index (χ2v) is 11.1. The van der Waals surface area contributed by atoms with Crippen molar-refractivity contribution in [2.75, 3.05) is 0 Å². The minimum absolute atomic E-state index is 0.148. The largest absolute Gasteiger partial charge is 0.481 e. The standard InChI is InChI=1S/C24H38O4/c1-14(4-9-22(27)28)18-7-8-19-17-6-5-15-12-16(25)10-11-23(15,2)20(17)13-21(26)24(18,19)3/h14-20,25H,4-13H2,1-3H3,(H,27,28)/t14-,15?,16-,17?,18-,19?,20?,23+,24-/m1/s1. The van der Waals surface area contributed by atoms with E-state index in [9.17, 15) is 14.7 Å². The maximum Gasteiger partial charge on any atom is 0.303 e. The zero-order chi connectivity index (χ0) is 20.3. The first-order valence-electron chi connectivity index (χ1n) is 11.6. The molecule has 0 aromatic carbocycles. The number of hydrogen-bond acceptors (Lipinski definition) is 3. The van der Waals surface area contributed by atoms with Crippen LogP contribution in [0.4, 0.5) is 0 Å². The fraction of sp³-hybridized carbons (Fsp3) is 0.917. The molecule has 4 aliphatic rings. The van der Waals surface area contributed by atoms with Crippen LogP contribution in [0.25, 0.3) is 0 Å². The van der Waals surface area contributed by atoms with E-state index in [1.165, 1.54) is 12.8 Å². The number of aliphatic hydroxyl groups is 1. The van der Waals surface area contributed by atoms with E-state index in [0.29, 0.717) is 54.1 Å². The molecule has 4 unspecified atom stereocenters. The molecule has 9 atom stereocenters. The topological polar surface area (TPSA) is 74.6 Å². The van der Waals surface area contributed by atoms with Gasteiger partial charge in [-0.1, -0.05) is 20.8 Å². The van der Waals surface area contributed by atoms with Crippen molar-refractivity contribution in [2.24, 2.45) is 46.3 Å². The van der Waals surface area contributed by atoms with Crippen molar-refractivity contribution in [1.29, 1.82) is 0 Å². The van der Waals surface area contributed by atoms with Gasteiger partial charge < -0.3 is 10.2 Å². The van der Waals surface area contributed by atoms with Gasteiger partial charge in [0, 0.05) is 18.3 Å². The van der Waals surface area contributed by atoms with Crippen LogP contribution in [0.1, 0.15) is 85.0 Å². The van der Waals surface area contributed by atoms with Crippen molar-refractivity contribution in [3.8, 4) is 0 Å². The molecule has 4 aliphatic carbocycles. The van der Waals surface area contributed by atoms with Crippen LogP contribution in [0, 0.1) is 46.3 Å². The Balaban J connectivity index is 1.57. The first-order chi connectivity index (χ1) is 13.2. The summed E-state index contributed by atoms with van der Waals surface area (Å²) in [6.07, 6.45) is 8.96. The number of aliphatic carboxylic acids is 1. The molecule has 0 radical (unpaired) electrons. The van der Waals surface area contributed by atoms with Gasteiger partial charge in [0.05, 0.1) is 6.10 Å². The Bertz CT molecular complexity index is 645. The van der Waals surface area contributed by atoms with Gasteiger partial charge in [-0.25, -0.2) is 0 Å². The van der Waals surface area contributed by atoms with Gasteiger partial charge in [-0.3, -0.25) is 9.59 Å². The van der Waals surface area contributed by atoms with Crippen LogP contribution in [-0.4, -0.2) is 28.1 Å². The first-order valence-corrected chi connectivity index (χ1v) is 11.6. The summed E-state index contributed by atoms with van der Waals surface area (Å²) in [5.74, 6) is 2.52. The van der Waals surface area contributed by atoms with Crippen molar-refractivity contribution in [3.05, 3.63) is 0 Å². The lowest BCUT2D eigenvalue weighted by atomic mass is 9.44.